The second-order valence-corrected chi connectivity index (χ2v) is 5.09. The molecule has 0 atom stereocenters. The molecular formula is C15H14N4O. The normalized spacial score (nSPS) is 14.6. The molecule has 1 aliphatic carbocycles. The van der Waals surface area contributed by atoms with Crippen LogP contribution in [0.5, 0.6) is 0 Å². The predicted octanol–water partition coefficient (Wildman–Crippen LogP) is 2.86. The zero-order chi connectivity index (χ0) is 13.4. The SMILES string of the molecule is c1ccc(-c2ccn(Cc3nc(C4CC4)no3)n2)cc1. The van der Waals surface area contributed by atoms with Crippen molar-refractivity contribution in [2.24, 2.45) is 0 Å². The highest BCUT2D eigenvalue weighted by atomic mass is 16.5. The molecule has 100 valence electrons. The summed E-state index contributed by atoms with van der Waals surface area (Å²) in [4.78, 5) is 4.41. The molecule has 5 heteroatoms. The molecule has 1 fully saturated rings. The topological polar surface area (TPSA) is 56.7 Å². The van der Waals surface area contributed by atoms with Crippen LogP contribution in [0.3, 0.4) is 0 Å². The lowest BCUT2D eigenvalue weighted by Gasteiger charge is -1.96. The summed E-state index contributed by atoms with van der Waals surface area (Å²) in [5.41, 5.74) is 2.06. The Labute approximate surface area is 116 Å². The summed E-state index contributed by atoms with van der Waals surface area (Å²) in [6.45, 7) is 0.520. The van der Waals surface area contributed by atoms with Gasteiger partial charge in [-0.2, -0.15) is 10.1 Å². The van der Waals surface area contributed by atoms with Crippen molar-refractivity contribution in [3.63, 3.8) is 0 Å². The minimum absolute atomic E-state index is 0.519. The van der Waals surface area contributed by atoms with Crippen LogP contribution in [-0.4, -0.2) is 19.9 Å². The van der Waals surface area contributed by atoms with Gasteiger partial charge in [0.2, 0.25) is 5.89 Å². The summed E-state index contributed by atoms with van der Waals surface area (Å²) in [6, 6.07) is 12.1. The van der Waals surface area contributed by atoms with Gasteiger partial charge in [-0.3, -0.25) is 4.68 Å². The fourth-order valence-electron chi connectivity index (χ4n) is 2.19. The predicted molar refractivity (Wildman–Crippen MR) is 73.0 cm³/mol. The Hall–Kier alpha value is -2.43. The minimum atomic E-state index is 0.519. The van der Waals surface area contributed by atoms with E-state index in [1.165, 1.54) is 12.8 Å². The van der Waals surface area contributed by atoms with Gasteiger partial charge in [-0.25, -0.2) is 0 Å². The first-order valence-electron chi connectivity index (χ1n) is 6.80. The van der Waals surface area contributed by atoms with E-state index in [1.54, 1.807) is 0 Å². The molecule has 20 heavy (non-hydrogen) atoms. The first-order valence-corrected chi connectivity index (χ1v) is 6.80. The van der Waals surface area contributed by atoms with Crippen LogP contribution in [0.4, 0.5) is 0 Å². The number of nitrogens with zero attached hydrogens (tertiary/aromatic N) is 4. The molecule has 0 amide bonds. The summed E-state index contributed by atoms with van der Waals surface area (Å²) in [6.07, 6.45) is 4.29. The summed E-state index contributed by atoms with van der Waals surface area (Å²) >= 11 is 0. The van der Waals surface area contributed by atoms with Gasteiger partial charge >= 0.3 is 0 Å². The molecule has 2 aromatic heterocycles. The molecule has 0 radical (unpaired) electrons. The van der Waals surface area contributed by atoms with E-state index in [2.05, 4.69) is 15.2 Å². The van der Waals surface area contributed by atoms with Crippen LogP contribution in [-0.2, 0) is 6.54 Å². The number of aromatic nitrogens is 4. The Bertz CT molecular complexity index is 712. The van der Waals surface area contributed by atoms with Crippen molar-refractivity contribution in [1.82, 2.24) is 19.9 Å². The van der Waals surface area contributed by atoms with Gasteiger partial charge in [0, 0.05) is 17.7 Å². The largest absolute Gasteiger partial charge is 0.337 e. The Kier molecular flexibility index (Phi) is 2.62. The van der Waals surface area contributed by atoms with Crippen molar-refractivity contribution in [3.8, 4) is 11.3 Å². The van der Waals surface area contributed by atoms with Gasteiger partial charge in [-0.15, -0.1) is 0 Å². The van der Waals surface area contributed by atoms with Gasteiger partial charge in [0.05, 0.1) is 5.69 Å². The van der Waals surface area contributed by atoms with Crippen molar-refractivity contribution >= 4 is 0 Å². The molecule has 1 saturated carbocycles. The monoisotopic (exact) mass is 266 g/mol. The Balaban J connectivity index is 1.52. The molecule has 4 rings (SSSR count). The molecule has 0 saturated heterocycles. The Morgan fingerprint density at radius 1 is 1.15 bits per heavy atom. The van der Waals surface area contributed by atoms with Gasteiger partial charge in [0.15, 0.2) is 5.82 Å². The fourth-order valence-corrected chi connectivity index (χ4v) is 2.19. The zero-order valence-electron chi connectivity index (χ0n) is 10.9. The maximum Gasteiger partial charge on any atom is 0.248 e. The highest BCUT2D eigenvalue weighted by Crippen LogP contribution is 2.38. The summed E-state index contributed by atoms with van der Waals surface area (Å²) in [5, 5.41) is 8.55. The van der Waals surface area contributed by atoms with Gasteiger partial charge in [0.1, 0.15) is 6.54 Å². The second kappa shape index (κ2) is 4.59. The van der Waals surface area contributed by atoms with E-state index < -0.39 is 0 Å². The van der Waals surface area contributed by atoms with Gasteiger partial charge in [0.25, 0.3) is 0 Å². The molecule has 1 aromatic carbocycles. The van der Waals surface area contributed by atoms with Crippen LogP contribution >= 0.6 is 0 Å². The smallest absolute Gasteiger partial charge is 0.248 e. The van der Waals surface area contributed by atoms with Crippen molar-refractivity contribution < 1.29 is 4.52 Å². The van der Waals surface area contributed by atoms with Crippen molar-refractivity contribution in [3.05, 3.63) is 54.3 Å². The van der Waals surface area contributed by atoms with Crippen LogP contribution in [0.15, 0.2) is 47.1 Å². The van der Waals surface area contributed by atoms with Crippen molar-refractivity contribution in [2.75, 3.05) is 0 Å². The third-order valence-electron chi connectivity index (χ3n) is 3.43. The molecule has 5 nitrogen and oxygen atoms in total. The summed E-state index contributed by atoms with van der Waals surface area (Å²) < 4.78 is 7.09. The molecule has 2 heterocycles. The molecule has 0 N–H and O–H groups in total. The molecule has 0 spiro atoms. The van der Waals surface area contributed by atoms with Gasteiger partial charge < -0.3 is 4.52 Å². The maximum atomic E-state index is 5.26. The lowest BCUT2D eigenvalue weighted by molar-refractivity contribution is 0.361. The van der Waals surface area contributed by atoms with Gasteiger partial charge in [-0.05, 0) is 18.9 Å². The zero-order valence-corrected chi connectivity index (χ0v) is 10.9. The third kappa shape index (κ3) is 2.22. The van der Waals surface area contributed by atoms with E-state index in [4.69, 9.17) is 4.52 Å². The average Bonchev–Trinajstić information content (AvgIpc) is 3.06. The standard InChI is InChI=1S/C15H14N4O/c1-2-4-11(5-3-1)13-8-9-19(17-13)10-14-16-15(18-20-14)12-6-7-12/h1-5,8-9,12H,6-7,10H2. The van der Waals surface area contributed by atoms with Crippen LogP contribution in [0, 0.1) is 0 Å². The van der Waals surface area contributed by atoms with Crippen LogP contribution < -0.4 is 0 Å². The Morgan fingerprint density at radius 3 is 2.80 bits per heavy atom. The van der Waals surface area contributed by atoms with E-state index in [0.717, 1.165) is 17.1 Å². The first-order chi connectivity index (χ1) is 9.88. The number of benzene rings is 1. The third-order valence-corrected chi connectivity index (χ3v) is 3.43. The van der Waals surface area contributed by atoms with Crippen LogP contribution in [0.1, 0.15) is 30.5 Å². The number of rotatable bonds is 4. The molecule has 3 aromatic rings. The highest BCUT2D eigenvalue weighted by molar-refractivity contribution is 5.57. The van der Waals surface area contributed by atoms with Crippen molar-refractivity contribution in [1.29, 1.82) is 0 Å². The highest BCUT2D eigenvalue weighted by Gasteiger charge is 2.28. The minimum Gasteiger partial charge on any atom is -0.337 e. The first kappa shape index (κ1) is 11.4. The van der Waals surface area contributed by atoms with E-state index in [9.17, 15) is 0 Å². The fraction of sp³-hybridized carbons (Fsp3) is 0.267. The Morgan fingerprint density at radius 2 is 2.00 bits per heavy atom. The lowest BCUT2D eigenvalue weighted by Crippen LogP contribution is -2.00. The van der Waals surface area contributed by atoms with E-state index >= 15 is 0 Å². The molecule has 1 aliphatic rings. The number of hydrogen-bond acceptors (Lipinski definition) is 4. The lowest BCUT2D eigenvalue weighted by atomic mass is 10.2. The molecule has 0 bridgehead atoms. The van der Waals surface area contributed by atoms with Crippen LogP contribution in [0.25, 0.3) is 11.3 Å². The average molecular weight is 266 g/mol. The van der Waals surface area contributed by atoms with Gasteiger partial charge in [-0.1, -0.05) is 35.5 Å². The van der Waals surface area contributed by atoms with Crippen LogP contribution in [0.2, 0.25) is 0 Å². The van der Waals surface area contributed by atoms with E-state index in [0.29, 0.717) is 18.4 Å². The van der Waals surface area contributed by atoms with Crippen molar-refractivity contribution in [2.45, 2.75) is 25.3 Å². The molecule has 0 aliphatic heterocycles. The molecular weight excluding hydrogens is 252 g/mol. The van der Waals surface area contributed by atoms with E-state index in [1.807, 2.05) is 47.3 Å². The van der Waals surface area contributed by atoms with E-state index in [-0.39, 0.29) is 0 Å². The summed E-state index contributed by atoms with van der Waals surface area (Å²) in [5.74, 6) is 1.98. The maximum absolute atomic E-state index is 5.26. The number of hydrogen-bond donors (Lipinski definition) is 0. The molecule has 0 unspecified atom stereocenters. The second-order valence-electron chi connectivity index (χ2n) is 5.09. The quantitative estimate of drug-likeness (QED) is 0.728. The summed E-state index contributed by atoms with van der Waals surface area (Å²) in [7, 11) is 0.